The topological polar surface area (TPSA) is 53.3 Å². The summed E-state index contributed by atoms with van der Waals surface area (Å²) in [6, 6.07) is 17.0. The van der Waals surface area contributed by atoms with Gasteiger partial charge in [-0.1, -0.05) is 12.1 Å². The van der Waals surface area contributed by atoms with Gasteiger partial charge in [-0.15, -0.1) is 0 Å². The molecule has 0 unspecified atom stereocenters. The lowest BCUT2D eigenvalue weighted by molar-refractivity contribution is 0.0735. The molecular weight excluding hydrogens is 300 g/mol. The van der Waals surface area contributed by atoms with Crippen LogP contribution in [0.1, 0.15) is 47.3 Å². The zero-order chi connectivity index (χ0) is 16.9. The van der Waals surface area contributed by atoms with Crippen LogP contribution in [0.4, 0.5) is 0 Å². The first-order valence-electron chi connectivity index (χ1n) is 8.27. The fourth-order valence-corrected chi connectivity index (χ4v) is 3.16. The number of hydrogen-bond acceptors (Lipinski definition) is 3. The van der Waals surface area contributed by atoms with Crippen LogP contribution in [0.5, 0.6) is 5.75 Å². The summed E-state index contributed by atoms with van der Waals surface area (Å²) >= 11 is 0. The number of benzene rings is 2. The molecule has 1 aliphatic rings. The maximum Gasteiger partial charge on any atom is 0.254 e. The first-order valence-corrected chi connectivity index (χ1v) is 8.27. The lowest BCUT2D eigenvalue weighted by Gasteiger charge is -2.25. The fraction of sp³-hybridized carbons (Fsp3) is 0.300. The number of nitrogens with zero attached hydrogens (tertiary/aromatic N) is 2. The van der Waals surface area contributed by atoms with Crippen LogP contribution in [-0.4, -0.2) is 24.0 Å². The molecule has 1 amide bonds. The maximum absolute atomic E-state index is 12.8. The quantitative estimate of drug-likeness (QED) is 0.857. The Bertz CT molecular complexity index is 745. The molecule has 1 saturated heterocycles. The molecule has 0 aromatic heterocycles. The van der Waals surface area contributed by atoms with Crippen LogP contribution in [0.25, 0.3) is 0 Å². The number of ether oxygens (including phenoxy) is 1. The second-order valence-electron chi connectivity index (χ2n) is 5.85. The van der Waals surface area contributed by atoms with Gasteiger partial charge in [-0.25, -0.2) is 0 Å². The number of amides is 1. The van der Waals surface area contributed by atoms with Crippen molar-refractivity contribution in [3.8, 4) is 11.8 Å². The van der Waals surface area contributed by atoms with Gasteiger partial charge in [-0.2, -0.15) is 5.26 Å². The molecule has 0 saturated carbocycles. The predicted octanol–water partition coefficient (Wildman–Crippen LogP) is 3.93. The summed E-state index contributed by atoms with van der Waals surface area (Å²) in [5.41, 5.74) is 2.33. The minimum absolute atomic E-state index is 0.0240. The molecule has 2 aromatic rings. The molecule has 1 heterocycles. The van der Waals surface area contributed by atoms with Gasteiger partial charge < -0.3 is 9.64 Å². The van der Waals surface area contributed by atoms with E-state index in [0.717, 1.165) is 30.7 Å². The van der Waals surface area contributed by atoms with E-state index in [1.54, 1.807) is 24.3 Å². The predicted molar refractivity (Wildman–Crippen MR) is 91.8 cm³/mol. The van der Waals surface area contributed by atoms with Crippen molar-refractivity contribution in [2.24, 2.45) is 0 Å². The number of rotatable bonds is 4. The van der Waals surface area contributed by atoms with Crippen molar-refractivity contribution >= 4 is 5.91 Å². The summed E-state index contributed by atoms with van der Waals surface area (Å²) in [6.07, 6.45) is 1.97. The van der Waals surface area contributed by atoms with Crippen LogP contribution in [0.3, 0.4) is 0 Å². The van der Waals surface area contributed by atoms with Crippen LogP contribution in [0.2, 0.25) is 0 Å². The Kier molecular flexibility index (Phi) is 4.81. The third kappa shape index (κ3) is 3.26. The summed E-state index contributed by atoms with van der Waals surface area (Å²) in [5, 5.41) is 8.87. The normalized spacial score (nSPS) is 16.7. The Morgan fingerprint density at radius 3 is 2.54 bits per heavy atom. The molecule has 0 bridgehead atoms. The van der Waals surface area contributed by atoms with Gasteiger partial charge in [-0.3, -0.25) is 4.79 Å². The van der Waals surface area contributed by atoms with Crippen LogP contribution < -0.4 is 4.74 Å². The van der Waals surface area contributed by atoms with Crippen molar-refractivity contribution in [3.05, 3.63) is 65.2 Å². The molecule has 1 atom stereocenters. The highest BCUT2D eigenvalue weighted by molar-refractivity contribution is 5.94. The second-order valence-corrected chi connectivity index (χ2v) is 5.85. The Morgan fingerprint density at radius 1 is 1.21 bits per heavy atom. The van der Waals surface area contributed by atoms with Gasteiger partial charge in [0.05, 0.1) is 24.3 Å². The molecule has 4 heteroatoms. The van der Waals surface area contributed by atoms with E-state index < -0.39 is 0 Å². The van der Waals surface area contributed by atoms with E-state index in [4.69, 9.17) is 10.00 Å². The number of likely N-dealkylation sites (tertiary alicyclic amines) is 1. The van der Waals surface area contributed by atoms with Gasteiger partial charge in [0.1, 0.15) is 5.75 Å². The van der Waals surface area contributed by atoms with E-state index in [1.807, 2.05) is 36.1 Å². The minimum atomic E-state index is 0.0240. The second kappa shape index (κ2) is 7.18. The van der Waals surface area contributed by atoms with E-state index in [-0.39, 0.29) is 11.9 Å². The van der Waals surface area contributed by atoms with Crippen LogP contribution in [-0.2, 0) is 0 Å². The Morgan fingerprint density at radius 2 is 1.92 bits per heavy atom. The van der Waals surface area contributed by atoms with Gasteiger partial charge in [0, 0.05) is 12.1 Å². The number of hydrogen-bond donors (Lipinski definition) is 0. The molecule has 0 aliphatic carbocycles. The molecule has 2 aromatic carbocycles. The summed E-state index contributed by atoms with van der Waals surface area (Å²) in [5.74, 6) is 0.875. The van der Waals surface area contributed by atoms with E-state index in [2.05, 4.69) is 6.07 Å². The highest BCUT2D eigenvalue weighted by atomic mass is 16.5. The van der Waals surface area contributed by atoms with Crippen LogP contribution in [0, 0.1) is 11.3 Å². The van der Waals surface area contributed by atoms with Gasteiger partial charge in [0.2, 0.25) is 0 Å². The third-order valence-corrected chi connectivity index (χ3v) is 4.35. The lowest BCUT2D eigenvalue weighted by atomic mass is 10.0. The van der Waals surface area contributed by atoms with Crippen molar-refractivity contribution < 1.29 is 9.53 Å². The molecule has 0 N–H and O–H groups in total. The fourth-order valence-electron chi connectivity index (χ4n) is 3.16. The van der Waals surface area contributed by atoms with E-state index >= 15 is 0 Å². The third-order valence-electron chi connectivity index (χ3n) is 4.35. The highest BCUT2D eigenvalue weighted by Crippen LogP contribution is 2.33. The van der Waals surface area contributed by atoms with Gasteiger partial charge in [0.15, 0.2) is 0 Å². The lowest BCUT2D eigenvalue weighted by Crippen LogP contribution is -2.30. The first kappa shape index (κ1) is 16.1. The smallest absolute Gasteiger partial charge is 0.254 e. The molecule has 24 heavy (non-hydrogen) atoms. The summed E-state index contributed by atoms with van der Waals surface area (Å²) in [7, 11) is 0. The van der Waals surface area contributed by atoms with E-state index in [0.29, 0.717) is 17.7 Å². The molecule has 1 aliphatic heterocycles. The van der Waals surface area contributed by atoms with Crippen molar-refractivity contribution in [2.75, 3.05) is 13.2 Å². The Hall–Kier alpha value is -2.80. The number of nitriles is 1. The maximum atomic E-state index is 12.8. The summed E-state index contributed by atoms with van der Waals surface area (Å²) in [6.45, 7) is 3.37. The molecule has 0 radical (unpaired) electrons. The summed E-state index contributed by atoms with van der Waals surface area (Å²) < 4.78 is 5.48. The van der Waals surface area contributed by atoms with Crippen molar-refractivity contribution in [1.29, 1.82) is 5.26 Å². The molecule has 0 spiro atoms. The first-order chi connectivity index (χ1) is 11.7. The Balaban J connectivity index is 1.79. The van der Waals surface area contributed by atoms with Gasteiger partial charge in [0.25, 0.3) is 5.91 Å². The SMILES string of the molecule is CCOc1ccc([C@H]2CCCN2C(=O)c2ccc(C#N)cc2)cc1. The van der Waals surface area contributed by atoms with Gasteiger partial charge >= 0.3 is 0 Å². The monoisotopic (exact) mass is 320 g/mol. The van der Waals surface area contributed by atoms with Crippen LogP contribution in [0.15, 0.2) is 48.5 Å². The number of carbonyl (C=O) groups is 1. The molecule has 4 nitrogen and oxygen atoms in total. The zero-order valence-electron chi connectivity index (χ0n) is 13.7. The van der Waals surface area contributed by atoms with Crippen molar-refractivity contribution in [2.45, 2.75) is 25.8 Å². The summed E-state index contributed by atoms with van der Waals surface area (Å²) in [4.78, 5) is 14.7. The van der Waals surface area contributed by atoms with Crippen molar-refractivity contribution in [1.82, 2.24) is 4.90 Å². The molecular formula is C20H20N2O2. The van der Waals surface area contributed by atoms with E-state index in [1.165, 1.54) is 0 Å². The average molecular weight is 320 g/mol. The Labute approximate surface area is 142 Å². The van der Waals surface area contributed by atoms with E-state index in [9.17, 15) is 4.79 Å². The molecule has 3 rings (SSSR count). The largest absolute Gasteiger partial charge is 0.494 e. The highest BCUT2D eigenvalue weighted by Gasteiger charge is 2.30. The number of carbonyl (C=O) groups excluding carboxylic acids is 1. The average Bonchev–Trinajstić information content (AvgIpc) is 3.12. The minimum Gasteiger partial charge on any atom is -0.494 e. The zero-order valence-corrected chi connectivity index (χ0v) is 13.7. The van der Waals surface area contributed by atoms with Gasteiger partial charge in [-0.05, 0) is 61.7 Å². The van der Waals surface area contributed by atoms with Crippen LogP contribution >= 0.6 is 0 Å². The standard InChI is InChI=1S/C20H20N2O2/c1-2-24-18-11-9-16(10-12-18)19-4-3-13-22(19)20(23)17-7-5-15(14-21)6-8-17/h5-12,19H,2-4,13H2,1H3/t19-/m1/s1. The molecule has 1 fully saturated rings. The van der Waals surface area contributed by atoms with Crippen molar-refractivity contribution in [3.63, 3.8) is 0 Å². The molecule has 122 valence electrons.